The second-order valence-electron chi connectivity index (χ2n) is 9.03. The van der Waals surface area contributed by atoms with Gasteiger partial charge in [-0.3, -0.25) is 9.88 Å². The van der Waals surface area contributed by atoms with Crippen LogP contribution in [0.1, 0.15) is 51.7 Å². The molecule has 3 aromatic rings. The molecule has 1 aromatic heterocycles. The molecule has 2 aromatic carbocycles. The molecular weight excluding hydrogens is 390 g/mol. The number of benzene rings is 2. The van der Waals surface area contributed by atoms with E-state index in [1.807, 2.05) is 30.5 Å². The fraction of sp³-hybridized carbons (Fsp3) is 0.423. The number of hydrogen-bond acceptors (Lipinski definition) is 3. The van der Waals surface area contributed by atoms with Gasteiger partial charge < -0.3 is 5.32 Å². The van der Waals surface area contributed by atoms with Gasteiger partial charge in [0.2, 0.25) is 0 Å². The molecule has 1 N–H and O–H groups in total. The van der Waals surface area contributed by atoms with Gasteiger partial charge in [0.1, 0.15) is 0 Å². The molecule has 0 amide bonds. The molecule has 0 aliphatic rings. The summed E-state index contributed by atoms with van der Waals surface area (Å²) in [5.74, 6) is 0. The lowest BCUT2D eigenvalue weighted by Crippen LogP contribution is -2.27. The Kier molecular flexibility index (Phi) is 7.74. The van der Waals surface area contributed by atoms with Gasteiger partial charge >= 0.3 is 0 Å². The van der Waals surface area contributed by atoms with E-state index in [0.29, 0.717) is 0 Å². The summed E-state index contributed by atoms with van der Waals surface area (Å²) >= 11 is 6.10. The Bertz CT molecular complexity index is 962. The zero-order chi connectivity index (χ0) is 21.6. The Hall–Kier alpha value is -2.10. The third-order valence-electron chi connectivity index (χ3n) is 5.41. The minimum atomic E-state index is 0.188. The molecule has 0 fully saturated rings. The van der Waals surface area contributed by atoms with E-state index in [1.165, 1.54) is 17.5 Å². The molecule has 0 unspecified atom stereocenters. The molecule has 3 nitrogen and oxygen atoms in total. The number of hydrogen-bond donors (Lipinski definition) is 1. The van der Waals surface area contributed by atoms with Crippen molar-refractivity contribution in [2.75, 3.05) is 25.0 Å². The summed E-state index contributed by atoms with van der Waals surface area (Å²) in [5.41, 5.74) is 5.05. The van der Waals surface area contributed by atoms with Crippen LogP contribution in [0.5, 0.6) is 0 Å². The van der Waals surface area contributed by atoms with Crippen molar-refractivity contribution >= 4 is 28.2 Å². The maximum Gasteiger partial charge on any atom is 0.0737 e. The van der Waals surface area contributed by atoms with Crippen LogP contribution < -0.4 is 5.32 Å². The highest BCUT2D eigenvalue weighted by atomic mass is 35.5. The summed E-state index contributed by atoms with van der Waals surface area (Å²) in [4.78, 5) is 6.99. The first-order chi connectivity index (χ1) is 14.4. The molecular formula is C26H34ClN3. The number of halogens is 1. The van der Waals surface area contributed by atoms with Crippen LogP contribution in [0.4, 0.5) is 5.69 Å². The Balaban J connectivity index is 1.57. The Morgan fingerprint density at radius 2 is 1.87 bits per heavy atom. The monoisotopic (exact) mass is 423 g/mol. The summed E-state index contributed by atoms with van der Waals surface area (Å²) in [6, 6.07) is 17.0. The number of nitrogens with one attached hydrogen (secondary N) is 1. The zero-order valence-corrected chi connectivity index (χ0v) is 19.5. The first-order valence-corrected chi connectivity index (χ1v) is 11.3. The highest BCUT2D eigenvalue weighted by Gasteiger charge is 2.14. The molecule has 0 radical (unpaired) electrons. The van der Waals surface area contributed by atoms with Gasteiger partial charge in [-0.15, -0.1) is 0 Å². The van der Waals surface area contributed by atoms with Gasteiger partial charge in [-0.05, 0) is 60.2 Å². The third kappa shape index (κ3) is 6.20. The molecule has 0 spiro atoms. The van der Waals surface area contributed by atoms with Gasteiger partial charge in [-0.2, -0.15) is 0 Å². The van der Waals surface area contributed by atoms with Gasteiger partial charge in [0.25, 0.3) is 0 Å². The highest BCUT2D eigenvalue weighted by molar-refractivity contribution is 6.31. The molecule has 160 valence electrons. The van der Waals surface area contributed by atoms with E-state index in [0.717, 1.165) is 54.2 Å². The normalized spacial score (nSPS) is 11.9. The van der Waals surface area contributed by atoms with Crippen LogP contribution >= 0.6 is 11.6 Å². The Morgan fingerprint density at radius 3 is 2.63 bits per heavy atom. The van der Waals surface area contributed by atoms with Crippen LogP contribution in [0.25, 0.3) is 10.9 Å². The smallest absolute Gasteiger partial charge is 0.0737 e. The molecule has 0 aliphatic heterocycles. The molecule has 0 atom stereocenters. The van der Waals surface area contributed by atoms with Crippen molar-refractivity contribution in [2.24, 2.45) is 0 Å². The van der Waals surface area contributed by atoms with Crippen molar-refractivity contribution in [3.05, 3.63) is 70.9 Å². The fourth-order valence-corrected chi connectivity index (χ4v) is 3.95. The van der Waals surface area contributed by atoms with Crippen LogP contribution in [-0.4, -0.2) is 29.5 Å². The maximum absolute atomic E-state index is 6.10. The van der Waals surface area contributed by atoms with Gasteiger partial charge in [-0.25, -0.2) is 0 Å². The molecule has 4 heteroatoms. The summed E-state index contributed by atoms with van der Waals surface area (Å²) in [6.45, 7) is 13.2. The lowest BCUT2D eigenvalue weighted by molar-refractivity contribution is 0.265. The van der Waals surface area contributed by atoms with E-state index in [-0.39, 0.29) is 5.41 Å². The van der Waals surface area contributed by atoms with Crippen LogP contribution in [0.3, 0.4) is 0 Å². The van der Waals surface area contributed by atoms with Crippen molar-refractivity contribution < 1.29 is 0 Å². The minimum absolute atomic E-state index is 0.188. The number of anilines is 1. The second kappa shape index (κ2) is 10.3. The van der Waals surface area contributed by atoms with Crippen molar-refractivity contribution in [2.45, 2.75) is 52.5 Å². The zero-order valence-electron chi connectivity index (χ0n) is 18.7. The average Bonchev–Trinajstić information content (AvgIpc) is 2.70. The highest BCUT2D eigenvalue weighted by Crippen LogP contribution is 2.25. The molecule has 3 rings (SSSR count). The van der Waals surface area contributed by atoms with Gasteiger partial charge in [0, 0.05) is 41.9 Å². The van der Waals surface area contributed by atoms with Crippen molar-refractivity contribution in [3.8, 4) is 0 Å². The van der Waals surface area contributed by atoms with Crippen molar-refractivity contribution in [1.82, 2.24) is 9.88 Å². The maximum atomic E-state index is 6.10. The molecule has 0 saturated carbocycles. The first-order valence-electron chi connectivity index (χ1n) is 11.0. The average molecular weight is 424 g/mol. The van der Waals surface area contributed by atoms with E-state index in [9.17, 15) is 0 Å². The predicted molar refractivity (Wildman–Crippen MR) is 131 cm³/mol. The van der Waals surface area contributed by atoms with Crippen molar-refractivity contribution in [3.63, 3.8) is 0 Å². The fourth-order valence-electron chi connectivity index (χ4n) is 3.78. The van der Waals surface area contributed by atoms with E-state index in [1.54, 1.807) is 0 Å². The summed E-state index contributed by atoms with van der Waals surface area (Å²) in [6.07, 6.45) is 4.10. The molecule has 0 aliphatic carbocycles. The third-order valence-corrected chi connectivity index (χ3v) is 5.65. The van der Waals surface area contributed by atoms with Crippen LogP contribution in [0, 0.1) is 0 Å². The molecule has 30 heavy (non-hydrogen) atoms. The molecule has 0 saturated heterocycles. The number of pyridine rings is 1. The minimum Gasteiger partial charge on any atom is -0.384 e. The quantitative estimate of drug-likeness (QED) is 0.379. The lowest BCUT2D eigenvalue weighted by Gasteiger charge is -2.24. The number of rotatable bonds is 9. The van der Waals surface area contributed by atoms with Gasteiger partial charge in [0.15, 0.2) is 0 Å². The Labute approximate surface area is 186 Å². The largest absolute Gasteiger partial charge is 0.384 e. The van der Waals surface area contributed by atoms with E-state index in [4.69, 9.17) is 11.6 Å². The lowest BCUT2D eigenvalue weighted by atomic mass is 9.86. The summed E-state index contributed by atoms with van der Waals surface area (Å²) < 4.78 is 0. The second-order valence-corrected chi connectivity index (χ2v) is 9.46. The van der Waals surface area contributed by atoms with Crippen LogP contribution in [0.15, 0.2) is 54.7 Å². The molecule has 1 heterocycles. The van der Waals surface area contributed by atoms with Crippen LogP contribution in [-0.2, 0) is 12.0 Å². The number of aromatic nitrogens is 1. The summed E-state index contributed by atoms with van der Waals surface area (Å²) in [5, 5.41) is 5.42. The number of fused-ring (bicyclic) bond motifs is 1. The molecule has 0 bridgehead atoms. The standard InChI is InChI=1S/C26H34ClN3/c1-5-15-30(19-20-8-6-9-21(17-20)26(2,3)4)16-7-13-28-24-12-14-29-25-18-22(27)10-11-23(24)25/h6,8-12,14,17-18H,5,7,13,15-16,19H2,1-4H3,(H,28,29). The number of nitrogens with zero attached hydrogens (tertiary/aromatic N) is 2. The van der Waals surface area contributed by atoms with Gasteiger partial charge in [0.05, 0.1) is 5.52 Å². The van der Waals surface area contributed by atoms with Crippen molar-refractivity contribution in [1.29, 1.82) is 0 Å². The summed E-state index contributed by atoms with van der Waals surface area (Å²) in [7, 11) is 0. The topological polar surface area (TPSA) is 28.2 Å². The predicted octanol–water partition coefficient (Wildman–Crippen LogP) is 6.90. The first kappa shape index (κ1) is 22.6. The Morgan fingerprint density at radius 1 is 1.03 bits per heavy atom. The van der Waals surface area contributed by atoms with E-state index in [2.05, 4.69) is 67.2 Å². The SMILES string of the molecule is CCCN(CCCNc1ccnc2cc(Cl)ccc12)Cc1cccc(C(C)(C)C)c1. The van der Waals surface area contributed by atoms with Crippen LogP contribution in [0.2, 0.25) is 5.02 Å². The van der Waals surface area contributed by atoms with Gasteiger partial charge in [-0.1, -0.05) is 63.6 Å². The van der Waals surface area contributed by atoms with E-state index >= 15 is 0 Å². The van der Waals surface area contributed by atoms with E-state index < -0.39 is 0 Å².